The molecule has 1 amide bonds. The number of carbonyl (C=O) groups is 1. The molecule has 0 atom stereocenters. The Morgan fingerprint density at radius 2 is 1.94 bits per heavy atom. The Hall–Kier alpha value is -1.73. The molecule has 7 heteroatoms. The van der Waals surface area contributed by atoms with E-state index in [0.29, 0.717) is 0 Å². The van der Waals surface area contributed by atoms with Gasteiger partial charge < -0.3 is 20.8 Å². The second-order valence-electron chi connectivity index (χ2n) is 3.07. The maximum absolute atomic E-state index is 11.8. The van der Waals surface area contributed by atoms with E-state index < -0.39 is 5.91 Å². The second kappa shape index (κ2) is 5.99. The van der Waals surface area contributed by atoms with E-state index in [-0.39, 0.29) is 37.8 Å². The van der Waals surface area contributed by atoms with Gasteiger partial charge in [0.25, 0.3) is 5.91 Å². The summed E-state index contributed by atoms with van der Waals surface area (Å²) in [5.41, 5.74) is 5.50. The molecule has 0 saturated carbocycles. The fourth-order valence-corrected chi connectivity index (χ4v) is 1.20. The van der Waals surface area contributed by atoms with Crippen molar-refractivity contribution < 1.29 is 15.0 Å². The van der Waals surface area contributed by atoms with E-state index in [0.717, 1.165) is 0 Å². The van der Waals surface area contributed by atoms with Crippen molar-refractivity contribution in [3.05, 3.63) is 18.1 Å². The molecule has 0 fully saturated rings. The van der Waals surface area contributed by atoms with Crippen LogP contribution in [-0.2, 0) is 0 Å². The molecule has 1 aromatic heterocycles. The van der Waals surface area contributed by atoms with Gasteiger partial charge in [0.15, 0.2) is 0 Å². The molecule has 1 rings (SSSR count). The lowest BCUT2D eigenvalue weighted by molar-refractivity contribution is 0.0678. The summed E-state index contributed by atoms with van der Waals surface area (Å²) < 4.78 is 0. The smallest absolute Gasteiger partial charge is 0.274 e. The molecular weight excluding hydrogens is 212 g/mol. The molecule has 16 heavy (non-hydrogen) atoms. The summed E-state index contributed by atoms with van der Waals surface area (Å²) in [6.45, 7) is -0.0886. The average molecular weight is 226 g/mol. The minimum Gasteiger partial charge on any atom is -0.395 e. The molecule has 1 heterocycles. The Kier molecular flexibility index (Phi) is 4.62. The maximum atomic E-state index is 11.8. The van der Waals surface area contributed by atoms with Gasteiger partial charge in [-0.25, -0.2) is 4.98 Å². The van der Waals surface area contributed by atoms with Crippen LogP contribution in [0.2, 0.25) is 0 Å². The lowest BCUT2D eigenvalue weighted by atomic mass is 10.3. The van der Waals surface area contributed by atoms with Gasteiger partial charge in [0.2, 0.25) is 0 Å². The highest BCUT2D eigenvalue weighted by atomic mass is 16.3. The number of aliphatic hydroxyl groups excluding tert-OH is 2. The van der Waals surface area contributed by atoms with Crippen molar-refractivity contribution in [2.24, 2.45) is 0 Å². The summed E-state index contributed by atoms with van der Waals surface area (Å²) in [6, 6.07) is 0. The first-order valence-corrected chi connectivity index (χ1v) is 4.77. The Labute approximate surface area is 92.5 Å². The number of carbonyl (C=O) groups excluding carboxylic acids is 1. The maximum Gasteiger partial charge on any atom is 0.274 e. The van der Waals surface area contributed by atoms with Crippen molar-refractivity contribution in [3.8, 4) is 0 Å². The second-order valence-corrected chi connectivity index (χ2v) is 3.07. The van der Waals surface area contributed by atoms with Gasteiger partial charge in [0.1, 0.15) is 11.5 Å². The highest BCUT2D eigenvalue weighted by molar-refractivity contribution is 5.92. The van der Waals surface area contributed by atoms with Gasteiger partial charge in [-0.1, -0.05) is 0 Å². The minimum atomic E-state index is -0.414. The Morgan fingerprint density at radius 1 is 1.31 bits per heavy atom. The number of hydrogen-bond acceptors (Lipinski definition) is 6. The summed E-state index contributed by atoms with van der Waals surface area (Å²) in [6.07, 6.45) is 2.62. The molecule has 4 N–H and O–H groups in total. The topological polar surface area (TPSA) is 113 Å². The fourth-order valence-electron chi connectivity index (χ4n) is 1.20. The summed E-state index contributed by atoms with van der Waals surface area (Å²) in [5, 5.41) is 17.6. The number of aliphatic hydroxyl groups is 2. The molecule has 1 aromatic rings. The SMILES string of the molecule is Nc1cncc(C(=O)N(CCO)CCO)n1. The zero-order valence-electron chi connectivity index (χ0n) is 8.70. The van der Waals surface area contributed by atoms with Crippen LogP contribution in [0.25, 0.3) is 0 Å². The van der Waals surface area contributed by atoms with Crippen LogP contribution in [0.4, 0.5) is 5.82 Å². The lowest BCUT2D eigenvalue weighted by Crippen LogP contribution is -2.36. The van der Waals surface area contributed by atoms with Gasteiger partial charge >= 0.3 is 0 Å². The Bertz CT molecular complexity index is 352. The van der Waals surface area contributed by atoms with Gasteiger partial charge in [0.05, 0.1) is 25.6 Å². The quantitative estimate of drug-likeness (QED) is 0.562. The third-order valence-electron chi connectivity index (χ3n) is 1.90. The van der Waals surface area contributed by atoms with Gasteiger partial charge in [-0.3, -0.25) is 9.78 Å². The van der Waals surface area contributed by atoms with E-state index in [9.17, 15) is 4.79 Å². The van der Waals surface area contributed by atoms with Crippen LogP contribution in [-0.4, -0.2) is 57.3 Å². The molecule has 0 saturated heterocycles. The van der Waals surface area contributed by atoms with Gasteiger partial charge in [-0.2, -0.15) is 0 Å². The number of rotatable bonds is 5. The van der Waals surface area contributed by atoms with Crippen LogP contribution in [0.15, 0.2) is 12.4 Å². The van der Waals surface area contributed by atoms with Crippen LogP contribution >= 0.6 is 0 Å². The normalized spacial score (nSPS) is 10.1. The minimum absolute atomic E-state index is 0.0990. The van der Waals surface area contributed by atoms with E-state index >= 15 is 0 Å². The predicted octanol–water partition coefficient (Wildman–Crippen LogP) is -1.51. The number of amides is 1. The zero-order valence-corrected chi connectivity index (χ0v) is 8.70. The molecule has 7 nitrogen and oxygen atoms in total. The van der Waals surface area contributed by atoms with E-state index in [1.807, 2.05) is 0 Å². The largest absolute Gasteiger partial charge is 0.395 e. The van der Waals surface area contributed by atoms with Crippen LogP contribution < -0.4 is 5.73 Å². The summed E-state index contributed by atoms with van der Waals surface area (Å²) in [4.78, 5) is 20.7. The number of aromatic nitrogens is 2. The van der Waals surface area contributed by atoms with Gasteiger partial charge in [-0.15, -0.1) is 0 Å². The average Bonchev–Trinajstić information content (AvgIpc) is 2.28. The number of nitrogens with two attached hydrogens (primary N) is 1. The molecule has 0 unspecified atom stereocenters. The van der Waals surface area contributed by atoms with E-state index in [4.69, 9.17) is 15.9 Å². The lowest BCUT2D eigenvalue weighted by Gasteiger charge is -2.19. The van der Waals surface area contributed by atoms with E-state index in [1.54, 1.807) is 0 Å². The first kappa shape index (κ1) is 12.3. The first-order chi connectivity index (χ1) is 7.69. The van der Waals surface area contributed by atoms with Crippen molar-refractivity contribution in [3.63, 3.8) is 0 Å². The van der Waals surface area contributed by atoms with Crippen molar-refractivity contribution >= 4 is 11.7 Å². The molecular formula is C9H14N4O3. The van der Waals surface area contributed by atoms with Crippen LogP contribution in [0.3, 0.4) is 0 Å². The highest BCUT2D eigenvalue weighted by Gasteiger charge is 2.16. The Morgan fingerprint density at radius 3 is 2.44 bits per heavy atom. The van der Waals surface area contributed by atoms with Crippen molar-refractivity contribution in [1.29, 1.82) is 0 Å². The number of hydrogen-bond donors (Lipinski definition) is 3. The molecule has 0 aliphatic heterocycles. The standard InChI is InChI=1S/C9H14N4O3/c10-8-6-11-5-7(12-8)9(16)13(1-3-14)2-4-15/h5-6,14-15H,1-4H2,(H2,10,12). The monoisotopic (exact) mass is 226 g/mol. The first-order valence-electron chi connectivity index (χ1n) is 4.77. The molecule has 0 spiro atoms. The third kappa shape index (κ3) is 3.14. The molecule has 0 aliphatic carbocycles. The fraction of sp³-hybridized carbons (Fsp3) is 0.444. The highest BCUT2D eigenvalue weighted by Crippen LogP contribution is 2.02. The van der Waals surface area contributed by atoms with Crippen molar-refractivity contribution in [1.82, 2.24) is 14.9 Å². The van der Waals surface area contributed by atoms with Gasteiger partial charge in [0, 0.05) is 13.1 Å². The van der Waals surface area contributed by atoms with Crippen LogP contribution in [0.1, 0.15) is 10.5 Å². The summed E-state index contributed by atoms with van der Waals surface area (Å²) >= 11 is 0. The van der Waals surface area contributed by atoms with Crippen molar-refractivity contribution in [2.75, 3.05) is 32.0 Å². The third-order valence-corrected chi connectivity index (χ3v) is 1.90. The molecule has 0 radical (unpaired) electrons. The predicted molar refractivity (Wildman–Crippen MR) is 56.5 cm³/mol. The Balaban J connectivity index is 2.81. The molecule has 0 bridgehead atoms. The van der Waals surface area contributed by atoms with Crippen LogP contribution in [0, 0.1) is 0 Å². The number of anilines is 1. The molecule has 0 aliphatic rings. The summed E-state index contributed by atoms with van der Waals surface area (Å²) in [7, 11) is 0. The molecule has 0 aromatic carbocycles. The van der Waals surface area contributed by atoms with E-state index in [2.05, 4.69) is 9.97 Å². The van der Waals surface area contributed by atoms with Gasteiger partial charge in [-0.05, 0) is 0 Å². The van der Waals surface area contributed by atoms with E-state index in [1.165, 1.54) is 17.3 Å². The summed E-state index contributed by atoms with van der Waals surface area (Å²) in [5.74, 6) is -0.262. The zero-order chi connectivity index (χ0) is 12.0. The van der Waals surface area contributed by atoms with Crippen LogP contribution in [0.5, 0.6) is 0 Å². The number of nitrogens with zero attached hydrogens (tertiary/aromatic N) is 3. The molecule has 88 valence electrons. The van der Waals surface area contributed by atoms with Crippen molar-refractivity contribution in [2.45, 2.75) is 0 Å². The number of nitrogen functional groups attached to an aromatic ring is 1.